The second-order valence-corrected chi connectivity index (χ2v) is 7.78. The highest BCUT2D eigenvalue weighted by Crippen LogP contribution is 2.45. The van der Waals surface area contributed by atoms with Crippen molar-refractivity contribution in [1.82, 2.24) is 5.32 Å². The predicted molar refractivity (Wildman–Crippen MR) is 83.8 cm³/mol. The molecule has 0 bridgehead atoms. The van der Waals surface area contributed by atoms with E-state index in [1.54, 1.807) is 24.3 Å². The molecule has 112 valence electrons. The molecule has 2 rings (SSSR count). The molecule has 0 radical (unpaired) electrons. The van der Waals surface area contributed by atoms with Crippen molar-refractivity contribution in [2.24, 2.45) is 10.8 Å². The molecule has 21 heavy (non-hydrogen) atoms. The Bertz CT molecular complexity index is 565. The van der Waals surface area contributed by atoms with Gasteiger partial charge in [-0.3, -0.25) is 4.79 Å². The first-order chi connectivity index (χ1) is 9.71. The standard InChI is InChI=1S/C18H24N2O/c1-17(2)9-15(10-18(3,4)12-17)20-16(21)14-7-5-6-13(8-14)11-19/h5-8,15H,9-10,12H2,1-4H3,(H,20,21). The van der Waals surface area contributed by atoms with Crippen molar-refractivity contribution in [1.29, 1.82) is 5.26 Å². The average Bonchev–Trinajstić information content (AvgIpc) is 2.35. The molecular weight excluding hydrogens is 260 g/mol. The number of carbonyl (C=O) groups is 1. The molecule has 1 aliphatic carbocycles. The Kier molecular flexibility index (Phi) is 4.09. The molecule has 1 aliphatic rings. The van der Waals surface area contributed by atoms with Gasteiger partial charge in [-0.1, -0.05) is 33.8 Å². The highest BCUT2D eigenvalue weighted by atomic mass is 16.1. The number of hydrogen-bond acceptors (Lipinski definition) is 2. The molecule has 0 saturated heterocycles. The Balaban J connectivity index is 2.10. The van der Waals surface area contributed by atoms with E-state index < -0.39 is 0 Å². The number of benzene rings is 1. The Morgan fingerprint density at radius 1 is 1.24 bits per heavy atom. The normalized spacial score (nSPS) is 20.5. The molecule has 1 aromatic carbocycles. The molecule has 0 aromatic heterocycles. The molecule has 1 saturated carbocycles. The van der Waals surface area contributed by atoms with Crippen LogP contribution in [-0.4, -0.2) is 11.9 Å². The molecule has 0 heterocycles. The van der Waals surface area contributed by atoms with E-state index in [0.29, 0.717) is 11.1 Å². The molecule has 0 spiro atoms. The van der Waals surface area contributed by atoms with Crippen LogP contribution in [0.5, 0.6) is 0 Å². The molecule has 1 aromatic rings. The lowest BCUT2D eigenvalue weighted by Gasteiger charge is -2.45. The smallest absolute Gasteiger partial charge is 0.251 e. The van der Waals surface area contributed by atoms with Crippen LogP contribution in [0, 0.1) is 22.2 Å². The summed E-state index contributed by atoms with van der Waals surface area (Å²) in [6.07, 6.45) is 3.18. The van der Waals surface area contributed by atoms with Crippen LogP contribution in [0.1, 0.15) is 62.9 Å². The first kappa shape index (κ1) is 15.6. The fourth-order valence-electron chi connectivity index (χ4n) is 3.95. The van der Waals surface area contributed by atoms with Crippen molar-refractivity contribution >= 4 is 5.91 Å². The summed E-state index contributed by atoms with van der Waals surface area (Å²) in [5.41, 5.74) is 1.57. The van der Waals surface area contributed by atoms with Crippen LogP contribution >= 0.6 is 0 Å². The molecule has 0 unspecified atom stereocenters. The van der Waals surface area contributed by atoms with Crippen LogP contribution in [0.4, 0.5) is 0 Å². The third-order valence-corrected chi connectivity index (χ3v) is 4.14. The van der Waals surface area contributed by atoms with E-state index in [-0.39, 0.29) is 22.8 Å². The van der Waals surface area contributed by atoms with Gasteiger partial charge in [-0.15, -0.1) is 0 Å². The van der Waals surface area contributed by atoms with E-state index in [1.165, 1.54) is 6.42 Å². The van der Waals surface area contributed by atoms with Crippen LogP contribution in [0.15, 0.2) is 24.3 Å². The maximum absolute atomic E-state index is 12.4. The summed E-state index contributed by atoms with van der Waals surface area (Å²) in [7, 11) is 0. The summed E-state index contributed by atoms with van der Waals surface area (Å²) in [5, 5.41) is 12.1. The number of rotatable bonds is 2. The summed E-state index contributed by atoms with van der Waals surface area (Å²) in [6.45, 7) is 9.07. The lowest BCUT2D eigenvalue weighted by Crippen LogP contribution is -2.46. The fourth-order valence-corrected chi connectivity index (χ4v) is 3.95. The number of amides is 1. The minimum atomic E-state index is -0.0781. The minimum absolute atomic E-state index is 0.0781. The van der Waals surface area contributed by atoms with Crippen molar-refractivity contribution in [3.05, 3.63) is 35.4 Å². The monoisotopic (exact) mass is 284 g/mol. The summed E-state index contributed by atoms with van der Waals surface area (Å²) < 4.78 is 0. The second-order valence-electron chi connectivity index (χ2n) is 7.78. The van der Waals surface area contributed by atoms with Gasteiger partial charge in [0, 0.05) is 11.6 Å². The van der Waals surface area contributed by atoms with Crippen LogP contribution in [0.25, 0.3) is 0 Å². The van der Waals surface area contributed by atoms with Gasteiger partial charge >= 0.3 is 0 Å². The summed E-state index contributed by atoms with van der Waals surface area (Å²) >= 11 is 0. The van der Waals surface area contributed by atoms with Gasteiger partial charge in [0.1, 0.15) is 0 Å². The SMILES string of the molecule is CC1(C)CC(NC(=O)c2cccc(C#N)c2)CC(C)(C)C1. The highest BCUT2D eigenvalue weighted by Gasteiger charge is 2.38. The number of hydrogen-bond donors (Lipinski definition) is 1. The Hall–Kier alpha value is -1.82. The zero-order valence-corrected chi connectivity index (χ0v) is 13.4. The van der Waals surface area contributed by atoms with E-state index in [1.807, 2.05) is 0 Å². The van der Waals surface area contributed by atoms with Crippen LogP contribution in [0.3, 0.4) is 0 Å². The number of nitrogens with zero attached hydrogens (tertiary/aromatic N) is 1. The van der Waals surface area contributed by atoms with Gasteiger partial charge in [-0.25, -0.2) is 0 Å². The van der Waals surface area contributed by atoms with Crippen molar-refractivity contribution < 1.29 is 4.79 Å². The van der Waals surface area contributed by atoms with Gasteiger partial charge in [0.25, 0.3) is 5.91 Å². The molecule has 1 amide bonds. The topological polar surface area (TPSA) is 52.9 Å². The van der Waals surface area contributed by atoms with Crippen molar-refractivity contribution in [3.8, 4) is 6.07 Å². The molecule has 0 atom stereocenters. The van der Waals surface area contributed by atoms with Gasteiger partial charge in [0.05, 0.1) is 11.6 Å². The van der Waals surface area contributed by atoms with E-state index in [9.17, 15) is 4.79 Å². The first-order valence-electron chi connectivity index (χ1n) is 7.52. The third kappa shape index (κ3) is 4.07. The minimum Gasteiger partial charge on any atom is -0.349 e. The van der Waals surface area contributed by atoms with E-state index in [4.69, 9.17) is 5.26 Å². The van der Waals surface area contributed by atoms with Gasteiger partial charge in [-0.05, 0) is 48.3 Å². The van der Waals surface area contributed by atoms with Gasteiger partial charge in [0.2, 0.25) is 0 Å². The van der Waals surface area contributed by atoms with Crippen molar-refractivity contribution in [2.45, 2.75) is 53.0 Å². The third-order valence-electron chi connectivity index (χ3n) is 4.14. The van der Waals surface area contributed by atoms with E-state index in [2.05, 4.69) is 39.1 Å². The van der Waals surface area contributed by atoms with Gasteiger partial charge in [-0.2, -0.15) is 5.26 Å². The summed E-state index contributed by atoms with van der Waals surface area (Å²) in [6, 6.07) is 9.14. The van der Waals surface area contributed by atoms with Crippen molar-refractivity contribution in [2.75, 3.05) is 0 Å². The molecular formula is C18H24N2O. The number of carbonyl (C=O) groups excluding carboxylic acids is 1. The summed E-state index contributed by atoms with van der Waals surface area (Å²) in [5.74, 6) is -0.0781. The summed E-state index contributed by atoms with van der Waals surface area (Å²) in [4.78, 5) is 12.4. The molecule has 1 fully saturated rings. The van der Waals surface area contributed by atoms with Gasteiger partial charge in [0.15, 0.2) is 0 Å². The lowest BCUT2D eigenvalue weighted by atomic mass is 9.63. The second kappa shape index (κ2) is 5.52. The zero-order chi connectivity index (χ0) is 15.7. The largest absolute Gasteiger partial charge is 0.349 e. The number of nitrogens with one attached hydrogen (secondary N) is 1. The molecule has 0 aliphatic heterocycles. The molecule has 3 heteroatoms. The Morgan fingerprint density at radius 2 is 1.86 bits per heavy atom. The van der Waals surface area contributed by atoms with Crippen LogP contribution in [-0.2, 0) is 0 Å². The van der Waals surface area contributed by atoms with Gasteiger partial charge < -0.3 is 5.32 Å². The first-order valence-corrected chi connectivity index (χ1v) is 7.52. The quantitative estimate of drug-likeness (QED) is 0.895. The lowest BCUT2D eigenvalue weighted by molar-refractivity contribution is 0.0713. The maximum atomic E-state index is 12.4. The Morgan fingerprint density at radius 3 is 2.43 bits per heavy atom. The molecule has 3 nitrogen and oxygen atoms in total. The molecule has 1 N–H and O–H groups in total. The maximum Gasteiger partial charge on any atom is 0.251 e. The highest BCUT2D eigenvalue weighted by molar-refractivity contribution is 5.94. The Labute approximate surface area is 127 Å². The fraction of sp³-hybridized carbons (Fsp3) is 0.556. The van der Waals surface area contributed by atoms with E-state index >= 15 is 0 Å². The van der Waals surface area contributed by atoms with Crippen LogP contribution in [0.2, 0.25) is 0 Å². The predicted octanol–water partition coefficient (Wildman–Crippen LogP) is 3.89. The van der Waals surface area contributed by atoms with Crippen LogP contribution < -0.4 is 5.32 Å². The van der Waals surface area contributed by atoms with Crippen molar-refractivity contribution in [3.63, 3.8) is 0 Å². The zero-order valence-electron chi connectivity index (χ0n) is 13.4. The van der Waals surface area contributed by atoms with E-state index in [0.717, 1.165) is 12.8 Å². The average molecular weight is 284 g/mol. The number of nitriles is 1.